The second-order valence-corrected chi connectivity index (χ2v) is 12.8. The maximum absolute atomic E-state index is 12.6. The first kappa shape index (κ1) is 40.1. The number of unbranched alkanes of at least 4 members (excludes halogenated alkanes) is 18. The zero-order valence-electron chi connectivity index (χ0n) is 29.2. The molecule has 1 aromatic rings. The van der Waals surface area contributed by atoms with Crippen LogP contribution in [0.2, 0.25) is 0 Å². The van der Waals surface area contributed by atoms with E-state index in [0.717, 1.165) is 13.1 Å². The first-order chi connectivity index (χ1) is 21.5. The second kappa shape index (κ2) is 28.5. The topological polar surface area (TPSA) is 59.1 Å². The standard InChI is InChI=1S/C38H68N2O4/c1-5-7-9-11-13-15-17-19-21-23-28-39(3)30-32-43-37(41)35-26-25-27-36(34-35)38(42)44-33-31-40(4)29-24-22-20-18-16-14-12-10-8-6-2/h25-27,34H,5-24,28-33H2,1-4H3. The molecule has 0 aliphatic heterocycles. The largest absolute Gasteiger partial charge is 0.461 e. The molecule has 0 radical (unpaired) electrons. The molecule has 0 aliphatic rings. The summed E-state index contributed by atoms with van der Waals surface area (Å²) in [5.41, 5.74) is 0.768. The number of carbonyl (C=O) groups is 2. The second-order valence-electron chi connectivity index (χ2n) is 12.8. The van der Waals surface area contributed by atoms with E-state index in [-0.39, 0.29) is 0 Å². The number of ether oxygens (including phenoxy) is 2. The molecule has 6 nitrogen and oxygen atoms in total. The van der Waals surface area contributed by atoms with Gasteiger partial charge < -0.3 is 19.3 Å². The highest BCUT2D eigenvalue weighted by molar-refractivity contribution is 5.95. The van der Waals surface area contributed by atoms with E-state index in [2.05, 4.69) is 37.7 Å². The highest BCUT2D eigenvalue weighted by Crippen LogP contribution is 2.13. The van der Waals surface area contributed by atoms with Crippen molar-refractivity contribution in [3.05, 3.63) is 35.4 Å². The normalized spacial score (nSPS) is 11.4. The van der Waals surface area contributed by atoms with Crippen LogP contribution in [0.25, 0.3) is 0 Å². The van der Waals surface area contributed by atoms with E-state index in [1.807, 2.05) is 0 Å². The van der Waals surface area contributed by atoms with Crippen LogP contribution in [-0.2, 0) is 9.47 Å². The molecule has 0 atom stereocenters. The van der Waals surface area contributed by atoms with Crippen LogP contribution in [-0.4, -0.2) is 75.2 Å². The molecule has 0 amide bonds. The van der Waals surface area contributed by atoms with Gasteiger partial charge in [-0.3, -0.25) is 0 Å². The summed E-state index contributed by atoms with van der Waals surface area (Å²) in [6.07, 6.45) is 26.6. The molecule has 0 unspecified atom stereocenters. The third-order valence-electron chi connectivity index (χ3n) is 8.53. The van der Waals surface area contributed by atoms with Gasteiger partial charge in [0.25, 0.3) is 0 Å². The van der Waals surface area contributed by atoms with E-state index in [1.165, 1.54) is 128 Å². The molecule has 1 aromatic carbocycles. The van der Waals surface area contributed by atoms with Crippen molar-refractivity contribution >= 4 is 11.9 Å². The summed E-state index contributed by atoms with van der Waals surface area (Å²) in [7, 11) is 4.15. The molecule has 0 aliphatic carbocycles. The summed E-state index contributed by atoms with van der Waals surface area (Å²) in [6.45, 7) is 8.66. The van der Waals surface area contributed by atoms with E-state index in [0.29, 0.717) is 37.4 Å². The van der Waals surface area contributed by atoms with Crippen LogP contribution in [0.1, 0.15) is 163 Å². The van der Waals surface area contributed by atoms with Crippen molar-refractivity contribution in [2.45, 2.75) is 142 Å². The molecule has 0 spiro atoms. The van der Waals surface area contributed by atoms with Crippen LogP contribution in [0.5, 0.6) is 0 Å². The van der Waals surface area contributed by atoms with Crippen molar-refractivity contribution in [3.8, 4) is 0 Å². The van der Waals surface area contributed by atoms with Gasteiger partial charge in [-0.25, -0.2) is 9.59 Å². The smallest absolute Gasteiger partial charge is 0.338 e. The lowest BCUT2D eigenvalue weighted by atomic mass is 10.1. The Morgan fingerprint density at radius 2 is 0.818 bits per heavy atom. The molecule has 0 bridgehead atoms. The molecule has 254 valence electrons. The molecule has 0 fully saturated rings. The van der Waals surface area contributed by atoms with Gasteiger partial charge in [-0.2, -0.15) is 0 Å². The highest BCUT2D eigenvalue weighted by Gasteiger charge is 2.13. The predicted molar refractivity (Wildman–Crippen MR) is 186 cm³/mol. The summed E-state index contributed by atoms with van der Waals surface area (Å²) in [5.74, 6) is -0.800. The summed E-state index contributed by atoms with van der Waals surface area (Å²) in [6, 6.07) is 6.66. The maximum Gasteiger partial charge on any atom is 0.338 e. The van der Waals surface area contributed by atoms with Crippen molar-refractivity contribution in [3.63, 3.8) is 0 Å². The Balaban J connectivity index is 2.12. The van der Waals surface area contributed by atoms with E-state index in [1.54, 1.807) is 24.3 Å². The molecule has 0 heterocycles. The van der Waals surface area contributed by atoms with Gasteiger partial charge in [0, 0.05) is 13.1 Å². The van der Waals surface area contributed by atoms with Gasteiger partial charge in [-0.1, -0.05) is 135 Å². The molecule has 44 heavy (non-hydrogen) atoms. The maximum atomic E-state index is 12.6. The minimum Gasteiger partial charge on any atom is -0.461 e. The predicted octanol–water partition coefficient (Wildman–Crippen LogP) is 9.71. The van der Waals surface area contributed by atoms with Crippen molar-refractivity contribution in [1.82, 2.24) is 9.80 Å². The number of hydrogen-bond acceptors (Lipinski definition) is 6. The summed E-state index contributed by atoms with van der Waals surface area (Å²) < 4.78 is 11.0. The molecule has 0 aromatic heterocycles. The first-order valence-corrected chi connectivity index (χ1v) is 18.3. The zero-order chi connectivity index (χ0) is 32.1. The summed E-state index contributed by atoms with van der Waals surface area (Å²) >= 11 is 0. The minimum absolute atomic E-state index is 0.340. The van der Waals surface area contributed by atoms with Crippen molar-refractivity contribution < 1.29 is 19.1 Å². The Morgan fingerprint density at radius 3 is 1.16 bits per heavy atom. The fourth-order valence-electron chi connectivity index (χ4n) is 5.49. The van der Waals surface area contributed by atoms with Gasteiger partial charge in [0.2, 0.25) is 0 Å². The highest BCUT2D eigenvalue weighted by atomic mass is 16.5. The van der Waals surface area contributed by atoms with E-state index in [4.69, 9.17) is 9.47 Å². The number of hydrogen-bond donors (Lipinski definition) is 0. The van der Waals surface area contributed by atoms with Crippen LogP contribution in [0, 0.1) is 0 Å². The monoisotopic (exact) mass is 617 g/mol. The van der Waals surface area contributed by atoms with Crippen LogP contribution >= 0.6 is 0 Å². The number of nitrogens with zero attached hydrogens (tertiary/aromatic N) is 2. The van der Waals surface area contributed by atoms with E-state index >= 15 is 0 Å². The number of carbonyl (C=O) groups excluding carboxylic acids is 2. The van der Waals surface area contributed by atoms with Gasteiger partial charge in [0.15, 0.2) is 0 Å². The minimum atomic E-state index is -0.400. The molecule has 0 saturated carbocycles. The lowest BCUT2D eigenvalue weighted by molar-refractivity contribution is 0.0471. The zero-order valence-corrected chi connectivity index (χ0v) is 29.2. The number of esters is 2. The van der Waals surface area contributed by atoms with E-state index in [9.17, 15) is 9.59 Å². The Hall–Kier alpha value is -1.92. The lowest BCUT2D eigenvalue weighted by Gasteiger charge is -2.17. The third-order valence-corrected chi connectivity index (χ3v) is 8.53. The van der Waals surface area contributed by atoms with Gasteiger partial charge in [-0.05, 0) is 58.2 Å². The van der Waals surface area contributed by atoms with Crippen LogP contribution < -0.4 is 0 Å². The molecule has 6 heteroatoms. The van der Waals surface area contributed by atoms with Crippen molar-refractivity contribution in [2.24, 2.45) is 0 Å². The third kappa shape index (κ3) is 22.6. The average Bonchev–Trinajstić information content (AvgIpc) is 3.02. The van der Waals surface area contributed by atoms with Crippen molar-refractivity contribution in [2.75, 3.05) is 53.5 Å². The van der Waals surface area contributed by atoms with Gasteiger partial charge in [-0.15, -0.1) is 0 Å². The summed E-state index contributed by atoms with van der Waals surface area (Å²) in [5, 5.41) is 0. The number of likely N-dealkylation sites (N-methyl/N-ethyl adjacent to an activating group) is 2. The van der Waals surface area contributed by atoms with Crippen LogP contribution in [0.15, 0.2) is 24.3 Å². The first-order valence-electron chi connectivity index (χ1n) is 18.3. The lowest BCUT2D eigenvalue weighted by Crippen LogP contribution is -2.26. The fourth-order valence-corrected chi connectivity index (χ4v) is 5.49. The Kier molecular flexibility index (Phi) is 26.0. The Morgan fingerprint density at radius 1 is 0.500 bits per heavy atom. The Bertz CT molecular complexity index is 768. The van der Waals surface area contributed by atoms with Gasteiger partial charge in [0.1, 0.15) is 13.2 Å². The molecule has 0 saturated heterocycles. The molecular weight excluding hydrogens is 548 g/mol. The molecular formula is C38H68N2O4. The van der Waals surface area contributed by atoms with E-state index < -0.39 is 11.9 Å². The average molecular weight is 617 g/mol. The van der Waals surface area contributed by atoms with Crippen LogP contribution in [0.4, 0.5) is 0 Å². The fraction of sp³-hybridized carbons (Fsp3) is 0.789. The SMILES string of the molecule is CCCCCCCCCCCCN(C)CCOC(=O)c1cccc(C(=O)OCCN(C)CCCCCCCCCCCC)c1. The van der Waals surface area contributed by atoms with Crippen molar-refractivity contribution in [1.29, 1.82) is 0 Å². The van der Waals surface area contributed by atoms with Gasteiger partial charge in [0.05, 0.1) is 11.1 Å². The number of rotatable bonds is 30. The molecule has 1 rings (SSSR count). The van der Waals surface area contributed by atoms with Crippen LogP contribution in [0.3, 0.4) is 0 Å². The summed E-state index contributed by atoms with van der Waals surface area (Å²) in [4.78, 5) is 29.6. The quantitative estimate of drug-likeness (QED) is 0.0633. The molecule has 0 N–H and O–H groups in total. The number of benzene rings is 1. The van der Waals surface area contributed by atoms with Gasteiger partial charge >= 0.3 is 11.9 Å². The Labute approximate surface area is 271 Å².